The molecule has 0 radical (unpaired) electrons. The van der Waals surface area contributed by atoms with Gasteiger partial charge >= 0.3 is 0 Å². The van der Waals surface area contributed by atoms with Crippen molar-refractivity contribution in [3.05, 3.63) is 70.5 Å². The van der Waals surface area contributed by atoms with Crippen molar-refractivity contribution < 1.29 is 9.32 Å². The van der Waals surface area contributed by atoms with Crippen LogP contribution in [0.4, 0.5) is 0 Å². The third kappa shape index (κ3) is 3.63. The van der Waals surface area contributed by atoms with Gasteiger partial charge in [-0.25, -0.2) is 0 Å². The summed E-state index contributed by atoms with van der Waals surface area (Å²) in [4.78, 5) is 18.9. The average Bonchev–Trinajstić information content (AvgIpc) is 3.27. The van der Waals surface area contributed by atoms with Crippen LogP contribution in [-0.4, -0.2) is 27.5 Å². The predicted octanol–water partition coefficient (Wildman–Crippen LogP) is 4.18. The fourth-order valence-electron chi connectivity index (χ4n) is 3.40. The molecule has 2 aromatic carbocycles. The zero-order chi connectivity index (χ0) is 19.0. The summed E-state index contributed by atoms with van der Waals surface area (Å²) < 4.78 is 5.47. The van der Waals surface area contributed by atoms with Crippen molar-refractivity contribution >= 4 is 5.91 Å². The molecule has 1 unspecified atom stereocenters. The predicted molar refractivity (Wildman–Crippen MR) is 103 cm³/mol. The van der Waals surface area contributed by atoms with Gasteiger partial charge < -0.3 is 9.42 Å². The molecule has 1 atom stereocenters. The zero-order valence-electron chi connectivity index (χ0n) is 15.9. The van der Waals surface area contributed by atoms with E-state index in [0.29, 0.717) is 31.2 Å². The van der Waals surface area contributed by atoms with Gasteiger partial charge in [0.15, 0.2) is 5.82 Å². The number of carbonyl (C=O) groups excluding carboxylic acids is 1. The Morgan fingerprint density at radius 3 is 2.59 bits per heavy atom. The van der Waals surface area contributed by atoms with E-state index in [2.05, 4.69) is 67.3 Å². The second-order valence-corrected chi connectivity index (χ2v) is 7.42. The molecule has 1 aliphatic rings. The molecule has 27 heavy (non-hydrogen) atoms. The summed E-state index contributed by atoms with van der Waals surface area (Å²) in [6, 6.07) is 14.4. The normalized spacial score (nSPS) is 16.9. The highest BCUT2D eigenvalue weighted by Gasteiger charge is 2.33. The number of hydrogen-bond acceptors (Lipinski definition) is 4. The van der Waals surface area contributed by atoms with Crippen molar-refractivity contribution in [3.63, 3.8) is 0 Å². The fraction of sp³-hybridized carbons (Fsp3) is 0.318. The summed E-state index contributed by atoms with van der Waals surface area (Å²) in [6.07, 6.45) is 0.428. The van der Waals surface area contributed by atoms with E-state index in [4.69, 9.17) is 4.52 Å². The summed E-state index contributed by atoms with van der Waals surface area (Å²) in [7, 11) is 0. The number of hydrogen-bond donors (Lipinski definition) is 0. The SMILES string of the molecule is Cc1ccc(CN2CC(c3noc(-c4ccc(C)c(C)c4)n3)CC2=O)cc1. The Bertz CT molecular complexity index is 975. The van der Waals surface area contributed by atoms with Crippen molar-refractivity contribution in [2.24, 2.45) is 0 Å². The quantitative estimate of drug-likeness (QED) is 0.699. The maximum Gasteiger partial charge on any atom is 0.257 e. The van der Waals surface area contributed by atoms with E-state index in [9.17, 15) is 4.79 Å². The Morgan fingerprint density at radius 1 is 1.07 bits per heavy atom. The zero-order valence-corrected chi connectivity index (χ0v) is 15.9. The second kappa shape index (κ2) is 6.99. The lowest BCUT2D eigenvalue weighted by molar-refractivity contribution is -0.128. The molecule has 0 saturated carbocycles. The van der Waals surface area contributed by atoms with Gasteiger partial charge in [-0.15, -0.1) is 0 Å². The van der Waals surface area contributed by atoms with Crippen LogP contribution in [0.3, 0.4) is 0 Å². The largest absolute Gasteiger partial charge is 0.338 e. The van der Waals surface area contributed by atoms with Crippen molar-refractivity contribution in [2.45, 2.75) is 39.7 Å². The summed E-state index contributed by atoms with van der Waals surface area (Å²) in [5.74, 6) is 1.24. The minimum absolute atomic E-state index is 0.0213. The standard InChI is InChI=1S/C22H23N3O2/c1-14-4-7-17(8-5-14)12-25-13-19(11-20(25)26)21-23-22(27-24-21)18-9-6-15(2)16(3)10-18/h4-10,19H,11-13H2,1-3H3. The lowest BCUT2D eigenvalue weighted by Crippen LogP contribution is -2.24. The number of carbonyl (C=O) groups is 1. The van der Waals surface area contributed by atoms with Crippen LogP contribution in [0.1, 0.15) is 40.4 Å². The summed E-state index contributed by atoms with van der Waals surface area (Å²) >= 11 is 0. The Labute approximate surface area is 159 Å². The van der Waals surface area contributed by atoms with Crippen molar-refractivity contribution in [1.29, 1.82) is 0 Å². The van der Waals surface area contributed by atoms with Crippen LogP contribution in [-0.2, 0) is 11.3 Å². The smallest absolute Gasteiger partial charge is 0.257 e. The van der Waals surface area contributed by atoms with E-state index in [1.54, 1.807) is 0 Å². The van der Waals surface area contributed by atoms with Crippen LogP contribution in [0.2, 0.25) is 0 Å². The molecular weight excluding hydrogens is 338 g/mol. The molecule has 2 heterocycles. The van der Waals surface area contributed by atoms with Crippen molar-refractivity contribution in [3.8, 4) is 11.5 Å². The number of amides is 1. The second-order valence-electron chi connectivity index (χ2n) is 7.42. The number of nitrogens with zero attached hydrogens (tertiary/aromatic N) is 3. The van der Waals surface area contributed by atoms with Crippen LogP contribution in [0.15, 0.2) is 47.0 Å². The van der Waals surface area contributed by atoms with Crippen LogP contribution in [0.25, 0.3) is 11.5 Å². The molecule has 0 bridgehead atoms. The number of aryl methyl sites for hydroxylation is 3. The molecule has 0 aliphatic carbocycles. The maximum atomic E-state index is 12.4. The van der Waals surface area contributed by atoms with Gasteiger partial charge in [-0.3, -0.25) is 4.79 Å². The molecule has 1 amide bonds. The minimum atomic E-state index is -0.0213. The first-order chi connectivity index (χ1) is 13.0. The first-order valence-corrected chi connectivity index (χ1v) is 9.24. The van der Waals surface area contributed by atoms with Gasteiger partial charge in [0.25, 0.3) is 5.89 Å². The topological polar surface area (TPSA) is 59.2 Å². The first-order valence-electron chi connectivity index (χ1n) is 9.24. The van der Waals surface area contributed by atoms with E-state index in [0.717, 1.165) is 11.1 Å². The third-order valence-electron chi connectivity index (χ3n) is 5.27. The molecule has 3 aromatic rings. The minimum Gasteiger partial charge on any atom is -0.338 e. The fourth-order valence-corrected chi connectivity index (χ4v) is 3.40. The van der Waals surface area contributed by atoms with E-state index < -0.39 is 0 Å². The molecular formula is C22H23N3O2. The van der Waals surface area contributed by atoms with E-state index in [1.807, 2.05) is 11.0 Å². The number of benzene rings is 2. The van der Waals surface area contributed by atoms with E-state index in [1.165, 1.54) is 16.7 Å². The van der Waals surface area contributed by atoms with Crippen molar-refractivity contribution in [2.75, 3.05) is 6.54 Å². The van der Waals surface area contributed by atoms with Crippen LogP contribution in [0, 0.1) is 20.8 Å². The molecule has 5 nitrogen and oxygen atoms in total. The van der Waals surface area contributed by atoms with Crippen LogP contribution in [0.5, 0.6) is 0 Å². The Morgan fingerprint density at radius 2 is 1.85 bits per heavy atom. The summed E-state index contributed by atoms with van der Waals surface area (Å²) in [6.45, 7) is 7.44. The van der Waals surface area contributed by atoms with Gasteiger partial charge in [0, 0.05) is 31.0 Å². The van der Waals surface area contributed by atoms with Crippen LogP contribution >= 0.6 is 0 Å². The van der Waals surface area contributed by atoms with Gasteiger partial charge in [0.2, 0.25) is 5.91 Å². The summed E-state index contributed by atoms with van der Waals surface area (Å²) in [5, 5.41) is 4.15. The Kier molecular flexibility index (Phi) is 4.52. The highest BCUT2D eigenvalue weighted by molar-refractivity contribution is 5.79. The van der Waals surface area contributed by atoms with Gasteiger partial charge in [0.05, 0.1) is 0 Å². The van der Waals surface area contributed by atoms with Gasteiger partial charge in [-0.1, -0.05) is 41.1 Å². The molecule has 4 rings (SSSR count). The number of likely N-dealkylation sites (tertiary alicyclic amines) is 1. The van der Waals surface area contributed by atoms with Gasteiger partial charge in [0.1, 0.15) is 0 Å². The molecule has 0 N–H and O–H groups in total. The Balaban J connectivity index is 1.48. The number of aromatic nitrogens is 2. The first kappa shape index (κ1) is 17.5. The lowest BCUT2D eigenvalue weighted by Gasteiger charge is -2.16. The number of rotatable bonds is 4. The highest BCUT2D eigenvalue weighted by Crippen LogP contribution is 2.29. The molecule has 1 aliphatic heterocycles. The van der Waals surface area contributed by atoms with Crippen molar-refractivity contribution in [1.82, 2.24) is 15.0 Å². The van der Waals surface area contributed by atoms with E-state index >= 15 is 0 Å². The highest BCUT2D eigenvalue weighted by atomic mass is 16.5. The molecule has 1 saturated heterocycles. The summed E-state index contributed by atoms with van der Waals surface area (Å²) in [5.41, 5.74) is 5.69. The van der Waals surface area contributed by atoms with Crippen LogP contribution < -0.4 is 0 Å². The van der Waals surface area contributed by atoms with Gasteiger partial charge in [-0.05, 0) is 49.6 Å². The average molecular weight is 361 g/mol. The molecule has 1 fully saturated rings. The molecule has 1 aromatic heterocycles. The molecule has 0 spiro atoms. The maximum absolute atomic E-state index is 12.4. The van der Waals surface area contributed by atoms with E-state index in [-0.39, 0.29) is 11.8 Å². The monoisotopic (exact) mass is 361 g/mol. The van der Waals surface area contributed by atoms with Gasteiger partial charge in [-0.2, -0.15) is 4.98 Å². The third-order valence-corrected chi connectivity index (χ3v) is 5.27. The Hall–Kier alpha value is -2.95. The lowest BCUT2D eigenvalue weighted by atomic mass is 10.1. The molecule has 138 valence electrons. The molecule has 5 heteroatoms.